The summed E-state index contributed by atoms with van der Waals surface area (Å²) in [6, 6.07) is 13.6. The van der Waals surface area contributed by atoms with Crippen molar-refractivity contribution in [3.63, 3.8) is 0 Å². The van der Waals surface area contributed by atoms with Crippen LogP contribution in [0.2, 0.25) is 15.1 Å². The number of nitrogens with one attached hydrogen (secondary N) is 1. The van der Waals surface area contributed by atoms with Crippen LogP contribution in [0.5, 0.6) is 0 Å². The van der Waals surface area contributed by atoms with Crippen molar-refractivity contribution in [3.05, 3.63) is 68.7 Å². The summed E-state index contributed by atoms with van der Waals surface area (Å²) in [6.45, 7) is 2.94. The van der Waals surface area contributed by atoms with E-state index < -0.39 is 0 Å². The maximum atomic E-state index is 6.24. The van der Waals surface area contributed by atoms with Crippen LogP contribution in [0.4, 0.5) is 0 Å². The summed E-state index contributed by atoms with van der Waals surface area (Å²) in [6.07, 6.45) is 0.796. The van der Waals surface area contributed by atoms with Gasteiger partial charge in [-0.15, -0.1) is 0 Å². The lowest BCUT2D eigenvalue weighted by Gasteiger charge is -2.20. The average Bonchev–Trinajstić information content (AvgIpc) is 2.39. The second kappa shape index (κ2) is 7.33. The first-order valence-electron chi connectivity index (χ1n) is 6.53. The highest BCUT2D eigenvalue weighted by molar-refractivity contribution is 6.34. The molecule has 1 nitrogen and oxygen atoms in total. The zero-order chi connectivity index (χ0) is 14.5. The molecule has 2 aromatic rings. The Morgan fingerprint density at radius 2 is 1.65 bits per heavy atom. The van der Waals surface area contributed by atoms with E-state index in [-0.39, 0.29) is 6.04 Å². The normalized spacial score (nSPS) is 12.4. The van der Waals surface area contributed by atoms with E-state index in [0.717, 1.165) is 29.1 Å². The van der Waals surface area contributed by atoms with Crippen LogP contribution in [-0.2, 0) is 6.42 Å². The van der Waals surface area contributed by atoms with Gasteiger partial charge in [-0.25, -0.2) is 0 Å². The van der Waals surface area contributed by atoms with E-state index in [1.54, 1.807) is 6.07 Å². The molecule has 2 aromatic carbocycles. The molecular weight excluding hydrogens is 313 g/mol. The minimum atomic E-state index is 0.135. The van der Waals surface area contributed by atoms with Crippen LogP contribution in [0.25, 0.3) is 0 Å². The van der Waals surface area contributed by atoms with Gasteiger partial charge in [0.05, 0.1) is 0 Å². The maximum absolute atomic E-state index is 6.24. The third kappa shape index (κ3) is 4.13. The monoisotopic (exact) mass is 327 g/mol. The fourth-order valence-corrected chi connectivity index (χ4v) is 2.97. The highest BCUT2D eigenvalue weighted by Gasteiger charge is 2.14. The summed E-state index contributed by atoms with van der Waals surface area (Å²) in [7, 11) is 0. The Bertz CT molecular complexity index is 563. The average molecular weight is 329 g/mol. The van der Waals surface area contributed by atoms with E-state index in [9.17, 15) is 0 Å². The largest absolute Gasteiger partial charge is 0.310 e. The number of benzene rings is 2. The first-order valence-corrected chi connectivity index (χ1v) is 7.66. The molecule has 0 aliphatic carbocycles. The zero-order valence-corrected chi connectivity index (χ0v) is 13.4. The molecule has 0 bridgehead atoms. The van der Waals surface area contributed by atoms with Crippen molar-refractivity contribution in [2.45, 2.75) is 19.4 Å². The molecular formula is C16H16Cl3N. The maximum Gasteiger partial charge on any atom is 0.0438 e. The van der Waals surface area contributed by atoms with Gasteiger partial charge < -0.3 is 5.32 Å². The lowest BCUT2D eigenvalue weighted by Crippen LogP contribution is -2.23. The summed E-state index contributed by atoms with van der Waals surface area (Å²) in [5.74, 6) is 0. The quantitative estimate of drug-likeness (QED) is 0.760. The van der Waals surface area contributed by atoms with E-state index in [4.69, 9.17) is 34.8 Å². The van der Waals surface area contributed by atoms with Crippen LogP contribution in [0.1, 0.15) is 24.1 Å². The van der Waals surface area contributed by atoms with Crippen molar-refractivity contribution in [1.82, 2.24) is 5.32 Å². The lowest BCUT2D eigenvalue weighted by molar-refractivity contribution is 0.550. The molecule has 0 aromatic heterocycles. The van der Waals surface area contributed by atoms with Gasteiger partial charge in [0.1, 0.15) is 0 Å². The second-order valence-electron chi connectivity index (χ2n) is 4.61. The Labute approximate surface area is 134 Å². The molecule has 1 atom stereocenters. The van der Waals surface area contributed by atoms with Gasteiger partial charge in [0.25, 0.3) is 0 Å². The van der Waals surface area contributed by atoms with Gasteiger partial charge in [-0.1, -0.05) is 59.9 Å². The Balaban J connectivity index is 2.29. The first kappa shape index (κ1) is 15.7. The predicted octanol–water partition coefficient (Wildman–Crippen LogP) is 5.54. The minimum Gasteiger partial charge on any atom is -0.310 e. The molecule has 0 heterocycles. The van der Waals surface area contributed by atoms with Gasteiger partial charge in [0, 0.05) is 21.1 Å². The van der Waals surface area contributed by atoms with Crippen LogP contribution >= 0.6 is 34.8 Å². The zero-order valence-electron chi connectivity index (χ0n) is 11.2. The third-order valence-electron chi connectivity index (χ3n) is 3.12. The molecule has 0 radical (unpaired) electrons. The summed E-state index contributed by atoms with van der Waals surface area (Å²) in [5.41, 5.74) is 2.18. The molecule has 20 heavy (non-hydrogen) atoms. The fourth-order valence-electron chi connectivity index (χ4n) is 2.21. The number of rotatable bonds is 5. The fraction of sp³-hybridized carbons (Fsp3) is 0.250. The molecule has 1 unspecified atom stereocenters. The molecule has 4 heteroatoms. The topological polar surface area (TPSA) is 12.0 Å². The molecule has 106 valence electrons. The Morgan fingerprint density at radius 1 is 1.00 bits per heavy atom. The summed E-state index contributed by atoms with van der Waals surface area (Å²) >= 11 is 18.4. The van der Waals surface area contributed by atoms with Crippen molar-refractivity contribution in [3.8, 4) is 0 Å². The molecule has 2 rings (SSSR count). The van der Waals surface area contributed by atoms with Crippen LogP contribution < -0.4 is 5.32 Å². The molecule has 0 aliphatic rings. The highest BCUT2D eigenvalue weighted by Crippen LogP contribution is 2.27. The van der Waals surface area contributed by atoms with Crippen molar-refractivity contribution in [1.29, 1.82) is 0 Å². The van der Waals surface area contributed by atoms with Gasteiger partial charge in [-0.3, -0.25) is 0 Å². The number of hydrogen-bond donors (Lipinski definition) is 1. The molecule has 0 spiro atoms. The predicted molar refractivity (Wildman–Crippen MR) is 88.0 cm³/mol. The van der Waals surface area contributed by atoms with Crippen LogP contribution in [0.3, 0.4) is 0 Å². The first-order chi connectivity index (χ1) is 9.60. The standard InChI is InChI=1S/C16H16Cl3N/c1-2-20-16(9-11-5-3-4-6-15(11)19)12-7-13(17)10-14(18)8-12/h3-8,10,16,20H,2,9H2,1H3. The third-order valence-corrected chi connectivity index (χ3v) is 3.92. The molecule has 1 N–H and O–H groups in total. The van der Waals surface area contributed by atoms with Gasteiger partial charge in [-0.2, -0.15) is 0 Å². The number of hydrogen-bond acceptors (Lipinski definition) is 1. The molecule has 0 fully saturated rings. The highest BCUT2D eigenvalue weighted by atomic mass is 35.5. The Morgan fingerprint density at radius 3 is 2.25 bits per heavy atom. The summed E-state index contributed by atoms with van der Waals surface area (Å²) in [4.78, 5) is 0. The van der Waals surface area contributed by atoms with Crippen LogP contribution in [-0.4, -0.2) is 6.54 Å². The number of halogens is 3. The molecule has 0 saturated carbocycles. The van der Waals surface area contributed by atoms with Gasteiger partial charge >= 0.3 is 0 Å². The van der Waals surface area contributed by atoms with Crippen molar-refractivity contribution in [2.75, 3.05) is 6.54 Å². The van der Waals surface area contributed by atoms with E-state index in [1.807, 2.05) is 36.4 Å². The molecule has 0 amide bonds. The summed E-state index contributed by atoms with van der Waals surface area (Å²) < 4.78 is 0. The second-order valence-corrected chi connectivity index (χ2v) is 5.89. The minimum absolute atomic E-state index is 0.135. The van der Waals surface area contributed by atoms with Gasteiger partial charge in [0.2, 0.25) is 0 Å². The SMILES string of the molecule is CCNC(Cc1ccccc1Cl)c1cc(Cl)cc(Cl)c1. The summed E-state index contributed by atoms with van der Waals surface area (Å²) in [5, 5.41) is 5.53. The lowest BCUT2D eigenvalue weighted by atomic mass is 9.99. The van der Waals surface area contributed by atoms with E-state index in [1.165, 1.54) is 0 Å². The number of likely N-dealkylation sites (N-methyl/N-ethyl adjacent to an activating group) is 1. The van der Waals surface area contributed by atoms with Crippen LogP contribution in [0, 0.1) is 0 Å². The van der Waals surface area contributed by atoms with Crippen molar-refractivity contribution in [2.24, 2.45) is 0 Å². The van der Waals surface area contributed by atoms with E-state index in [0.29, 0.717) is 10.0 Å². The Kier molecular flexibility index (Phi) is 5.74. The van der Waals surface area contributed by atoms with Crippen LogP contribution in [0.15, 0.2) is 42.5 Å². The smallest absolute Gasteiger partial charge is 0.0438 e. The van der Waals surface area contributed by atoms with E-state index in [2.05, 4.69) is 12.2 Å². The van der Waals surface area contributed by atoms with E-state index >= 15 is 0 Å². The molecule has 0 aliphatic heterocycles. The molecule has 0 saturated heterocycles. The van der Waals surface area contributed by atoms with Gasteiger partial charge in [0.15, 0.2) is 0 Å². The van der Waals surface area contributed by atoms with Gasteiger partial charge in [-0.05, 0) is 48.4 Å². The van der Waals surface area contributed by atoms with Crippen molar-refractivity contribution < 1.29 is 0 Å². The Hall–Kier alpha value is -0.730. The van der Waals surface area contributed by atoms with Crippen molar-refractivity contribution >= 4 is 34.8 Å².